The van der Waals surface area contributed by atoms with Crippen LogP contribution in [0.5, 0.6) is 11.5 Å². The molecule has 2 aromatic rings. The molecule has 0 bridgehead atoms. The van der Waals surface area contributed by atoms with E-state index in [1.165, 1.54) is 24.0 Å². The number of piperidine rings is 1. The molecule has 0 radical (unpaired) electrons. The molecule has 1 heterocycles. The van der Waals surface area contributed by atoms with Crippen molar-refractivity contribution in [2.45, 2.75) is 39.2 Å². The van der Waals surface area contributed by atoms with E-state index in [0.717, 1.165) is 43.6 Å². The van der Waals surface area contributed by atoms with Crippen LogP contribution in [0.15, 0.2) is 36.4 Å². The van der Waals surface area contributed by atoms with Gasteiger partial charge in [0.25, 0.3) is 0 Å². The highest BCUT2D eigenvalue weighted by atomic mass is 35.5. The molecule has 5 heteroatoms. The summed E-state index contributed by atoms with van der Waals surface area (Å²) < 4.78 is 10.8. The molecule has 4 rings (SSSR count). The molecule has 1 aliphatic carbocycles. The third kappa shape index (κ3) is 4.65. The van der Waals surface area contributed by atoms with Crippen molar-refractivity contribution in [2.75, 3.05) is 27.3 Å². The van der Waals surface area contributed by atoms with Crippen LogP contribution in [0.25, 0.3) is 0 Å². The molecular weight excluding hydrogens is 398 g/mol. The van der Waals surface area contributed by atoms with Crippen molar-refractivity contribution in [1.29, 1.82) is 0 Å². The van der Waals surface area contributed by atoms with Gasteiger partial charge in [0, 0.05) is 18.0 Å². The molecule has 0 N–H and O–H groups in total. The topological polar surface area (TPSA) is 38.8 Å². The number of ketones is 1. The number of ether oxygens (including phenoxy) is 2. The van der Waals surface area contributed by atoms with Crippen LogP contribution in [0.3, 0.4) is 0 Å². The van der Waals surface area contributed by atoms with Gasteiger partial charge < -0.3 is 9.47 Å². The van der Waals surface area contributed by atoms with E-state index in [0.29, 0.717) is 17.4 Å². The van der Waals surface area contributed by atoms with E-state index in [4.69, 9.17) is 9.47 Å². The fraction of sp³-hybridized carbons (Fsp3) is 0.480. The Hall–Kier alpha value is -2.04. The SMILES string of the molecule is COc1cc2c(cc1OC)C(=O)C(CC1CCN(Cc3ccccc3C)CC1)C2.Cl. The first kappa shape index (κ1) is 22.6. The first-order chi connectivity index (χ1) is 14.1. The van der Waals surface area contributed by atoms with Crippen LogP contribution in [0, 0.1) is 18.8 Å². The van der Waals surface area contributed by atoms with E-state index in [9.17, 15) is 4.79 Å². The second-order valence-corrected chi connectivity index (χ2v) is 8.51. The Morgan fingerprint density at radius 2 is 1.70 bits per heavy atom. The summed E-state index contributed by atoms with van der Waals surface area (Å²) in [6.45, 7) is 5.46. The van der Waals surface area contributed by atoms with Crippen molar-refractivity contribution in [2.24, 2.45) is 11.8 Å². The number of hydrogen-bond donors (Lipinski definition) is 0. The predicted molar refractivity (Wildman–Crippen MR) is 122 cm³/mol. The lowest BCUT2D eigenvalue weighted by atomic mass is 9.85. The molecule has 0 spiro atoms. The Balaban J connectivity index is 0.00000256. The van der Waals surface area contributed by atoms with E-state index in [1.807, 2.05) is 12.1 Å². The molecule has 1 aliphatic heterocycles. The minimum Gasteiger partial charge on any atom is -0.493 e. The highest BCUT2D eigenvalue weighted by molar-refractivity contribution is 6.02. The molecular formula is C25H32ClNO3. The second kappa shape index (κ2) is 9.84. The molecule has 1 atom stereocenters. The van der Waals surface area contributed by atoms with Gasteiger partial charge in [0.1, 0.15) is 0 Å². The van der Waals surface area contributed by atoms with E-state index in [1.54, 1.807) is 14.2 Å². The number of fused-ring (bicyclic) bond motifs is 1. The fourth-order valence-electron chi connectivity index (χ4n) is 4.90. The zero-order chi connectivity index (χ0) is 20.4. The van der Waals surface area contributed by atoms with Gasteiger partial charge in [0.05, 0.1) is 14.2 Å². The monoisotopic (exact) mass is 429 g/mol. The number of likely N-dealkylation sites (tertiary alicyclic amines) is 1. The number of carbonyl (C=O) groups excluding carboxylic acids is 1. The third-order valence-corrected chi connectivity index (χ3v) is 6.69. The largest absolute Gasteiger partial charge is 0.493 e. The lowest BCUT2D eigenvalue weighted by Gasteiger charge is -2.33. The van der Waals surface area contributed by atoms with Gasteiger partial charge in [-0.3, -0.25) is 9.69 Å². The Bertz CT molecular complexity index is 890. The first-order valence-electron chi connectivity index (χ1n) is 10.6. The quantitative estimate of drug-likeness (QED) is 0.641. The predicted octanol–water partition coefficient (Wildman–Crippen LogP) is 5.09. The van der Waals surface area contributed by atoms with Gasteiger partial charge in [-0.2, -0.15) is 0 Å². The van der Waals surface area contributed by atoms with Crippen LogP contribution in [0.4, 0.5) is 0 Å². The lowest BCUT2D eigenvalue weighted by Crippen LogP contribution is -2.34. The Kier molecular flexibility index (Phi) is 7.43. The number of nitrogens with zero attached hydrogens (tertiary/aromatic N) is 1. The zero-order valence-corrected chi connectivity index (χ0v) is 19.0. The van der Waals surface area contributed by atoms with Gasteiger partial charge in [0.15, 0.2) is 17.3 Å². The maximum Gasteiger partial charge on any atom is 0.166 e. The molecule has 4 nitrogen and oxygen atoms in total. The molecule has 0 amide bonds. The number of hydrogen-bond acceptors (Lipinski definition) is 4. The molecule has 1 saturated heterocycles. The summed E-state index contributed by atoms with van der Waals surface area (Å²) in [6, 6.07) is 12.5. The van der Waals surface area contributed by atoms with E-state index < -0.39 is 0 Å². The van der Waals surface area contributed by atoms with Crippen molar-refractivity contribution < 1.29 is 14.3 Å². The maximum atomic E-state index is 13.0. The van der Waals surface area contributed by atoms with Crippen LogP contribution >= 0.6 is 12.4 Å². The van der Waals surface area contributed by atoms with Crippen molar-refractivity contribution in [3.8, 4) is 11.5 Å². The van der Waals surface area contributed by atoms with Crippen LogP contribution in [-0.2, 0) is 13.0 Å². The lowest BCUT2D eigenvalue weighted by molar-refractivity contribution is 0.0895. The summed E-state index contributed by atoms with van der Waals surface area (Å²) >= 11 is 0. The molecule has 0 saturated carbocycles. The molecule has 30 heavy (non-hydrogen) atoms. The number of methoxy groups -OCH3 is 2. The van der Waals surface area contributed by atoms with E-state index in [2.05, 4.69) is 36.1 Å². The average molecular weight is 430 g/mol. The summed E-state index contributed by atoms with van der Waals surface area (Å²) in [5.74, 6) is 2.38. The van der Waals surface area contributed by atoms with E-state index >= 15 is 0 Å². The zero-order valence-electron chi connectivity index (χ0n) is 18.1. The van der Waals surface area contributed by atoms with Gasteiger partial charge in [-0.25, -0.2) is 0 Å². The first-order valence-corrected chi connectivity index (χ1v) is 10.6. The van der Waals surface area contributed by atoms with Gasteiger partial charge in [-0.05, 0) is 80.4 Å². The number of benzene rings is 2. The summed E-state index contributed by atoms with van der Waals surface area (Å²) in [5, 5.41) is 0. The minimum absolute atomic E-state index is 0. The van der Waals surface area contributed by atoms with Crippen LogP contribution < -0.4 is 9.47 Å². The standard InChI is InChI=1S/C25H31NO3.ClH/c1-17-6-4-5-7-19(17)16-26-10-8-18(9-11-26)12-21-13-20-14-23(28-2)24(29-3)15-22(20)25(21)27;/h4-7,14-15,18,21H,8-13,16H2,1-3H3;1H. The second-order valence-electron chi connectivity index (χ2n) is 8.51. The van der Waals surface area contributed by atoms with Crippen LogP contribution in [-0.4, -0.2) is 38.0 Å². The van der Waals surface area contributed by atoms with Crippen molar-refractivity contribution in [3.63, 3.8) is 0 Å². The van der Waals surface area contributed by atoms with Gasteiger partial charge >= 0.3 is 0 Å². The third-order valence-electron chi connectivity index (χ3n) is 6.69. The Morgan fingerprint density at radius 3 is 2.37 bits per heavy atom. The summed E-state index contributed by atoms with van der Waals surface area (Å²) in [5.41, 5.74) is 4.73. The van der Waals surface area contributed by atoms with Crippen LogP contribution in [0.2, 0.25) is 0 Å². The molecule has 1 unspecified atom stereocenters. The molecule has 2 aromatic carbocycles. The van der Waals surface area contributed by atoms with Crippen LogP contribution in [0.1, 0.15) is 46.3 Å². The van der Waals surface area contributed by atoms with Gasteiger partial charge in [-0.15, -0.1) is 12.4 Å². The van der Waals surface area contributed by atoms with Gasteiger partial charge in [0.2, 0.25) is 0 Å². The molecule has 1 fully saturated rings. The highest BCUT2D eigenvalue weighted by Crippen LogP contribution is 2.39. The fourth-order valence-corrected chi connectivity index (χ4v) is 4.90. The van der Waals surface area contributed by atoms with Gasteiger partial charge in [-0.1, -0.05) is 24.3 Å². The molecule has 0 aromatic heterocycles. The normalized spacial score (nSPS) is 19.3. The van der Waals surface area contributed by atoms with Crippen molar-refractivity contribution in [3.05, 3.63) is 58.7 Å². The minimum atomic E-state index is 0. The maximum absolute atomic E-state index is 13.0. The average Bonchev–Trinajstić information content (AvgIpc) is 3.04. The smallest absolute Gasteiger partial charge is 0.166 e. The Morgan fingerprint density at radius 1 is 1.03 bits per heavy atom. The highest BCUT2D eigenvalue weighted by Gasteiger charge is 2.34. The van der Waals surface area contributed by atoms with E-state index in [-0.39, 0.29) is 24.1 Å². The number of aryl methyl sites for hydroxylation is 1. The molecule has 162 valence electrons. The number of rotatable bonds is 6. The van der Waals surface area contributed by atoms with Crippen molar-refractivity contribution >= 4 is 18.2 Å². The number of Topliss-reactive ketones (excluding diaryl/α,β-unsaturated/α-hetero) is 1. The summed E-state index contributed by atoms with van der Waals surface area (Å²) in [6.07, 6.45) is 4.19. The summed E-state index contributed by atoms with van der Waals surface area (Å²) in [7, 11) is 3.26. The number of carbonyl (C=O) groups is 1. The van der Waals surface area contributed by atoms with Crippen molar-refractivity contribution in [1.82, 2.24) is 4.90 Å². The number of halogens is 1. The Labute approximate surface area is 186 Å². The summed E-state index contributed by atoms with van der Waals surface area (Å²) in [4.78, 5) is 15.5. The molecule has 2 aliphatic rings.